The predicted octanol–water partition coefficient (Wildman–Crippen LogP) is 2.61. The number of rotatable bonds is 5. The number of para-hydroxylation sites is 1. The Balaban J connectivity index is 2.29. The SMILES string of the molecule is CCOC(=O)C(=NS(=O)(=O)c1ccccc1)NNc1ccccc1Cl. The van der Waals surface area contributed by atoms with Crippen molar-refractivity contribution in [2.24, 2.45) is 4.40 Å². The second-order valence-corrected chi connectivity index (χ2v) is 6.69. The molecule has 0 fully saturated rings. The van der Waals surface area contributed by atoms with Crippen molar-refractivity contribution in [3.63, 3.8) is 0 Å². The Morgan fingerprint density at radius 1 is 1.12 bits per heavy atom. The highest BCUT2D eigenvalue weighted by Crippen LogP contribution is 2.19. The van der Waals surface area contributed by atoms with Crippen molar-refractivity contribution in [1.29, 1.82) is 0 Å². The Morgan fingerprint density at radius 3 is 2.40 bits per heavy atom. The van der Waals surface area contributed by atoms with Crippen LogP contribution in [0.5, 0.6) is 0 Å². The van der Waals surface area contributed by atoms with Gasteiger partial charge in [0.05, 0.1) is 22.2 Å². The van der Waals surface area contributed by atoms with Crippen molar-refractivity contribution in [2.45, 2.75) is 11.8 Å². The lowest BCUT2D eigenvalue weighted by Crippen LogP contribution is -2.37. The smallest absolute Gasteiger partial charge is 0.376 e. The standard InChI is InChI=1S/C16H16ClN3O4S/c1-2-24-16(21)15(19-18-14-11-7-6-10-13(14)17)20-25(22,23)12-8-4-3-5-9-12/h3-11,18H,2H2,1H3,(H,19,20). The van der Waals surface area contributed by atoms with Crippen LogP contribution in [0.4, 0.5) is 5.69 Å². The molecule has 0 atom stereocenters. The molecule has 0 aliphatic carbocycles. The summed E-state index contributed by atoms with van der Waals surface area (Å²) in [6.45, 7) is 1.67. The van der Waals surface area contributed by atoms with Gasteiger partial charge in [-0.15, -0.1) is 4.40 Å². The van der Waals surface area contributed by atoms with E-state index in [0.717, 1.165) is 0 Å². The van der Waals surface area contributed by atoms with E-state index in [9.17, 15) is 13.2 Å². The minimum absolute atomic E-state index is 0.0451. The molecular weight excluding hydrogens is 366 g/mol. The number of benzene rings is 2. The zero-order valence-electron chi connectivity index (χ0n) is 13.3. The Hall–Kier alpha value is -2.58. The van der Waals surface area contributed by atoms with Crippen molar-refractivity contribution >= 4 is 39.1 Å². The van der Waals surface area contributed by atoms with Crippen LogP contribution in [-0.4, -0.2) is 26.8 Å². The van der Waals surface area contributed by atoms with Crippen LogP contribution in [0.3, 0.4) is 0 Å². The number of hydrazine groups is 1. The number of hydrogen-bond acceptors (Lipinski definition) is 5. The largest absolute Gasteiger partial charge is 0.460 e. The maximum Gasteiger partial charge on any atom is 0.376 e. The fourth-order valence-electron chi connectivity index (χ4n) is 1.77. The van der Waals surface area contributed by atoms with Gasteiger partial charge in [0.15, 0.2) is 0 Å². The van der Waals surface area contributed by atoms with E-state index in [-0.39, 0.29) is 11.5 Å². The molecule has 9 heteroatoms. The Kier molecular flexibility index (Phi) is 6.37. The third-order valence-corrected chi connectivity index (χ3v) is 4.53. The van der Waals surface area contributed by atoms with Crippen LogP contribution in [-0.2, 0) is 19.6 Å². The van der Waals surface area contributed by atoms with Gasteiger partial charge in [0.2, 0.25) is 5.84 Å². The van der Waals surface area contributed by atoms with E-state index in [0.29, 0.717) is 10.7 Å². The van der Waals surface area contributed by atoms with E-state index in [2.05, 4.69) is 15.2 Å². The number of carbonyl (C=O) groups excluding carboxylic acids is 1. The molecule has 0 radical (unpaired) electrons. The number of esters is 1. The molecule has 0 aliphatic rings. The average molecular weight is 382 g/mol. The molecule has 2 N–H and O–H groups in total. The van der Waals surface area contributed by atoms with Gasteiger partial charge in [-0.2, -0.15) is 8.42 Å². The molecule has 2 aromatic rings. The first-order chi connectivity index (χ1) is 11.9. The van der Waals surface area contributed by atoms with Gasteiger partial charge >= 0.3 is 5.97 Å². The number of sulfonamides is 1. The predicted molar refractivity (Wildman–Crippen MR) is 95.9 cm³/mol. The van der Waals surface area contributed by atoms with Gasteiger partial charge in [0, 0.05) is 0 Å². The number of anilines is 1. The van der Waals surface area contributed by atoms with Gasteiger partial charge in [-0.1, -0.05) is 41.9 Å². The van der Waals surface area contributed by atoms with Gasteiger partial charge < -0.3 is 4.74 Å². The van der Waals surface area contributed by atoms with Gasteiger partial charge in [-0.05, 0) is 31.2 Å². The first-order valence-electron chi connectivity index (χ1n) is 7.27. The highest BCUT2D eigenvalue weighted by Gasteiger charge is 2.20. The van der Waals surface area contributed by atoms with Crippen LogP contribution in [0.25, 0.3) is 0 Å². The summed E-state index contributed by atoms with van der Waals surface area (Å²) < 4.78 is 33.1. The number of nitrogens with one attached hydrogen (secondary N) is 2. The number of nitrogens with zero attached hydrogens (tertiary/aromatic N) is 1. The van der Waals surface area contributed by atoms with E-state index < -0.39 is 21.8 Å². The minimum Gasteiger partial charge on any atom is -0.460 e. The van der Waals surface area contributed by atoms with Crippen LogP contribution in [0.2, 0.25) is 5.02 Å². The summed E-state index contributed by atoms with van der Waals surface area (Å²) in [4.78, 5) is 12.0. The molecule has 0 saturated heterocycles. The normalized spacial score (nSPS) is 11.7. The van der Waals surface area contributed by atoms with E-state index in [1.807, 2.05) is 0 Å². The quantitative estimate of drug-likeness (QED) is 0.357. The zero-order valence-corrected chi connectivity index (χ0v) is 14.8. The van der Waals surface area contributed by atoms with E-state index >= 15 is 0 Å². The molecule has 0 amide bonds. The number of amidine groups is 1. The molecule has 0 saturated carbocycles. The lowest BCUT2D eigenvalue weighted by atomic mass is 10.3. The molecular formula is C16H16ClN3O4S. The summed E-state index contributed by atoms with van der Waals surface area (Å²) in [5, 5.41) is 0.379. The Morgan fingerprint density at radius 2 is 1.76 bits per heavy atom. The van der Waals surface area contributed by atoms with Crippen molar-refractivity contribution in [3.05, 3.63) is 59.6 Å². The average Bonchev–Trinajstić information content (AvgIpc) is 2.60. The van der Waals surface area contributed by atoms with Crippen LogP contribution in [0, 0.1) is 0 Å². The maximum atomic E-state index is 12.3. The molecule has 2 aromatic carbocycles. The fraction of sp³-hybridized carbons (Fsp3) is 0.125. The molecule has 132 valence electrons. The topological polar surface area (TPSA) is 96.9 Å². The van der Waals surface area contributed by atoms with E-state index in [4.69, 9.17) is 16.3 Å². The molecule has 0 unspecified atom stereocenters. The highest BCUT2D eigenvalue weighted by molar-refractivity contribution is 7.90. The summed E-state index contributed by atoms with van der Waals surface area (Å²) in [5.74, 6) is -1.42. The molecule has 2 rings (SSSR count). The van der Waals surface area contributed by atoms with Gasteiger partial charge in [0.25, 0.3) is 10.0 Å². The van der Waals surface area contributed by atoms with E-state index in [1.54, 1.807) is 49.4 Å². The number of halogens is 1. The second kappa shape index (κ2) is 8.50. The van der Waals surface area contributed by atoms with Gasteiger partial charge in [-0.3, -0.25) is 10.9 Å². The lowest BCUT2D eigenvalue weighted by molar-refractivity contribution is -0.135. The molecule has 7 nitrogen and oxygen atoms in total. The third kappa shape index (κ3) is 5.20. The van der Waals surface area contributed by atoms with Crippen LogP contribution >= 0.6 is 11.6 Å². The molecule has 0 spiro atoms. The molecule has 0 bridgehead atoms. The zero-order chi connectivity index (χ0) is 18.3. The first-order valence-corrected chi connectivity index (χ1v) is 9.09. The fourth-order valence-corrected chi connectivity index (χ4v) is 2.92. The summed E-state index contributed by atoms with van der Waals surface area (Å²) in [5.41, 5.74) is 5.54. The number of carbonyl (C=O) groups is 1. The molecule has 0 heterocycles. The molecule has 25 heavy (non-hydrogen) atoms. The Labute approximate surface area is 150 Å². The summed E-state index contributed by atoms with van der Waals surface area (Å²) in [6, 6.07) is 14.3. The number of hydrogen-bond donors (Lipinski definition) is 2. The second-order valence-electron chi connectivity index (χ2n) is 4.68. The summed E-state index contributed by atoms with van der Waals surface area (Å²) in [7, 11) is -4.09. The third-order valence-electron chi connectivity index (χ3n) is 2.91. The molecule has 0 aliphatic heterocycles. The maximum absolute atomic E-state index is 12.3. The van der Waals surface area contributed by atoms with Crippen molar-refractivity contribution < 1.29 is 17.9 Å². The monoisotopic (exact) mass is 381 g/mol. The van der Waals surface area contributed by atoms with Gasteiger partial charge in [-0.25, -0.2) is 4.79 Å². The van der Waals surface area contributed by atoms with Crippen molar-refractivity contribution in [1.82, 2.24) is 5.43 Å². The first kappa shape index (κ1) is 18.8. The molecule has 0 aromatic heterocycles. The van der Waals surface area contributed by atoms with Crippen LogP contribution < -0.4 is 10.9 Å². The van der Waals surface area contributed by atoms with Gasteiger partial charge in [0.1, 0.15) is 0 Å². The minimum atomic E-state index is -4.09. The van der Waals surface area contributed by atoms with Crippen molar-refractivity contribution in [3.8, 4) is 0 Å². The van der Waals surface area contributed by atoms with Crippen molar-refractivity contribution in [2.75, 3.05) is 12.0 Å². The summed E-state index contributed by atoms with van der Waals surface area (Å²) >= 11 is 6.00. The summed E-state index contributed by atoms with van der Waals surface area (Å²) in [6.07, 6.45) is 0. The Bertz CT molecular complexity index is 870. The van der Waals surface area contributed by atoms with Crippen LogP contribution in [0.15, 0.2) is 63.9 Å². The number of ether oxygens (including phenoxy) is 1. The van der Waals surface area contributed by atoms with Crippen LogP contribution in [0.1, 0.15) is 6.92 Å². The van der Waals surface area contributed by atoms with E-state index in [1.165, 1.54) is 12.1 Å². The highest BCUT2D eigenvalue weighted by atomic mass is 35.5. The lowest BCUT2D eigenvalue weighted by Gasteiger charge is -2.12.